The lowest BCUT2D eigenvalue weighted by atomic mass is 10.1. The maximum absolute atomic E-state index is 12.5. The molecular formula is C19H22N2O4S. The Balaban J connectivity index is 1.80. The predicted molar refractivity (Wildman–Crippen MR) is 98.7 cm³/mol. The molecular weight excluding hydrogens is 352 g/mol. The van der Waals surface area contributed by atoms with Crippen LogP contribution in [-0.2, 0) is 16.6 Å². The zero-order valence-electron chi connectivity index (χ0n) is 14.8. The van der Waals surface area contributed by atoms with Crippen LogP contribution in [0, 0.1) is 6.92 Å². The first-order valence-electron chi connectivity index (χ1n) is 8.44. The van der Waals surface area contributed by atoms with Crippen LogP contribution in [0.1, 0.15) is 34.3 Å². The van der Waals surface area contributed by atoms with Crippen molar-refractivity contribution >= 4 is 15.9 Å². The van der Waals surface area contributed by atoms with Crippen molar-refractivity contribution in [2.45, 2.75) is 37.2 Å². The summed E-state index contributed by atoms with van der Waals surface area (Å²) in [6.45, 7) is 2.35. The summed E-state index contributed by atoms with van der Waals surface area (Å²) in [5.74, 6) is -0.118. The molecule has 7 heteroatoms. The van der Waals surface area contributed by atoms with Gasteiger partial charge in [-0.05, 0) is 49.1 Å². The fraction of sp³-hybridized carbons (Fsp3) is 0.316. The third-order valence-electron chi connectivity index (χ3n) is 4.32. The Kier molecular flexibility index (Phi) is 5.29. The Labute approximate surface area is 153 Å². The average molecular weight is 374 g/mol. The van der Waals surface area contributed by atoms with Crippen molar-refractivity contribution in [3.63, 3.8) is 0 Å². The van der Waals surface area contributed by atoms with E-state index in [0.717, 1.165) is 24.0 Å². The lowest BCUT2D eigenvalue weighted by Crippen LogP contribution is -2.27. The van der Waals surface area contributed by atoms with Gasteiger partial charge in [0.25, 0.3) is 5.91 Å². The second-order valence-electron chi connectivity index (χ2n) is 6.37. The number of ether oxygens (including phenoxy) is 1. The molecule has 2 N–H and O–H groups in total. The zero-order valence-corrected chi connectivity index (χ0v) is 15.6. The van der Waals surface area contributed by atoms with E-state index in [-0.39, 0.29) is 28.2 Å². The number of hydrogen-bond donors (Lipinski definition) is 2. The molecule has 0 bridgehead atoms. The molecule has 0 radical (unpaired) electrons. The van der Waals surface area contributed by atoms with Gasteiger partial charge in [-0.3, -0.25) is 4.79 Å². The van der Waals surface area contributed by atoms with Gasteiger partial charge in [-0.2, -0.15) is 0 Å². The fourth-order valence-electron chi connectivity index (χ4n) is 2.60. The molecule has 26 heavy (non-hydrogen) atoms. The van der Waals surface area contributed by atoms with Gasteiger partial charge in [0.05, 0.1) is 7.11 Å². The molecule has 0 unspecified atom stereocenters. The van der Waals surface area contributed by atoms with Crippen LogP contribution in [0.25, 0.3) is 0 Å². The summed E-state index contributed by atoms with van der Waals surface area (Å²) < 4.78 is 32.9. The van der Waals surface area contributed by atoms with Crippen LogP contribution in [-0.4, -0.2) is 27.5 Å². The fourth-order valence-corrected chi connectivity index (χ4v) is 4.10. The number of methoxy groups -OCH3 is 1. The summed E-state index contributed by atoms with van der Waals surface area (Å²) in [6.07, 6.45) is 1.66. The molecule has 0 aliphatic heterocycles. The Morgan fingerprint density at radius 3 is 2.58 bits per heavy atom. The maximum atomic E-state index is 12.5. The molecule has 1 aliphatic carbocycles. The summed E-state index contributed by atoms with van der Waals surface area (Å²) in [7, 11) is -2.32. The minimum Gasteiger partial charge on any atom is -0.495 e. The standard InChI is InChI=1S/C19H22N2O4S/c1-13-5-3-4-6-15(13)12-20-19(22)14-7-10-17(25-2)18(11-14)26(23,24)21-16-8-9-16/h3-7,10-11,16,21H,8-9,12H2,1-2H3,(H,20,22). The van der Waals surface area contributed by atoms with Gasteiger partial charge >= 0.3 is 0 Å². The molecule has 1 aliphatic rings. The molecule has 1 amide bonds. The van der Waals surface area contributed by atoms with Gasteiger partial charge in [-0.15, -0.1) is 0 Å². The van der Waals surface area contributed by atoms with Crippen LogP contribution in [0.3, 0.4) is 0 Å². The van der Waals surface area contributed by atoms with Gasteiger partial charge in [-0.1, -0.05) is 24.3 Å². The Morgan fingerprint density at radius 2 is 1.92 bits per heavy atom. The molecule has 0 heterocycles. The van der Waals surface area contributed by atoms with E-state index in [1.54, 1.807) is 6.07 Å². The number of benzene rings is 2. The summed E-state index contributed by atoms with van der Waals surface area (Å²) in [6, 6.07) is 12.2. The SMILES string of the molecule is COc1ccc(C(=O)NCc2ccccc2C)cc1S(=O)(=O)NC1CC1. The normalized spacial score (nSPS) is 14.1. The van der Waals surface area contributed by atoms with Gasteiger partial charge in [0.1, 0.15) is 10.6 Å². The molecule has 0 spiro atoms. The molecule has 138 valence electrons. The minimum absolute atomic E-state index is 0.0181. The van der Waals surface area contributed by atoms with Crippen LogP contribution >= 0.6 is 0 Å². The highest BCUT2D eigenvalue weighted by molar-refractivity contribution is 7.89. The largest absolute Gasteiger partial charge is 0.495 e. The van der Waals surface area contributed by atoms with Crippen LogP contribution in [0.15, 0.2) is 47.4 Å². The Morgan fingerprint density at radius 1 is 1.19 bits per heavy atom. The van der Waals surface area contributed by atoms with E-state index in [2.05, 4.69) is 10.0 Å². The smallest absolute Gasteiger partial charge is 0.251 e. The van der Waals surface area contributed by atoms with E-state index in [9.17, 15) is 13.2 Å². The summed E-state index contributed by atoms with van der Waals surface area (Å²) in [4.78, 5) is 12.5. The summed E-state index contributed by atoms with van der Waals surface area (Å²) in [5.41, 5.74) is 2.37. The number of carbonyl (C=O) groups excluding carboxylic acids is 1. The van der Waals surface area contributed by atoms with Gasteiger partial charge in [0, 0.05) is 18.2 Å². The van der Waals surface area contributed by atoms with Crippen LogP contribution in [0.4, 0.5) is 0 Å². The van der Waals surface area contributed by atoms with Crippen molar-refractivity contribution in [2.24, 2.45) is 0 Å². The number of sulfonamides is 1. The molecule has 3 rings (SSSR count). The first-order chi connectivity index (χ1) is 12.4. The van der Waals surface area contributed by atoms with Crippen LogP contribution in [0.5, 0.6) is 5.75 Å². The van der Waals surface area contributed by atoms with Gasteiger partial charge in [0.15, 0.2) is 0 Å². The number of aryl methyl sites for hydroxylation is 1. The molecule has 0 saturated heterocycles. The predicted octanol–water partition coefficient (Wildman–Crippen LogP) is 2.37. The zero-order chi connectivity index (χ0) is 18.7. The molecule has 2 aromatic rings. The topological polar surface area (TPSA) is 84.5 Å². The summed E-state index contributed by atoms with van der Waals surface area (Å²) in [5, 5.41) is 2.83. The van der Waals surface area contributed by atoms with Crippen molar-refractivity contribution in [3.05, 3.63) is 59.2 Å². The van der Waals surface area contributed by atoms with Crippen molar-refractivity contribution in [3.8, 4) is 5.75 Å². The van der Waals surface area contributed by atoms with E-state index in [1.807, 2.05) is 31.2 Å². The molecule has 1 saturated carbocycles. The maximum Gasteiger partial charge on any atom is 0.251 e. The number of hydrogen-bond acceptors (Lipinski definition) is 4. The molecule has 0 aromatic heterocycles. The lowest BCUT2D eigenvalue weighted by molar-refractivity contribution is 0.0950. The Bertz CT molecular complexity index is 921. The number of carbonyl (C=O) groups is 1. The monoisotopic (exact) mass is 374 g/mol. The third kappa shape index (κ3) is 4.23. The van der Waals surface area contributed by atoms with Crippen LogP contribution in [0.2, 0.25) is 0 Å². The van der Waals surface area contributed by atoms with E-state index in [0.29, 0.717) is 6.54 Å². The van der Waals surface area contributed by atoms with Gasteiger partial charge in [0.2, 0.25) is 10.0 Å². The van der Waals surface area contributed by atoms with Crippen molar-refractivity contribution in [1.82, 2.24) is 10.0 Å². The van der Waals surface area contributed by atoms with Crippen molar-refractivity contribution in [2.75, 3.05) is 7.11 Å². The number of rotatable bonds is 7. The first-order valence-corrected chi connectivity index (χ1v) is 9.92. The minimum atomic E-state index is -3.72. The molecule has 2 aromatic carbocycles. The highest BCUT2D eigenvalue weighted by Gasteiger charge is 2.30. The van der Waals surface area contributed by atoms with E-state index < -0.39 is 10.0 Å². The highest BCUT2D eigenvalue weighted by atomic mass is 32.2. The lowest BCUT2D eigenvalue weighted by Gasteiger charge is -2.13. The second kappa shape index (κ2) is 7.47. The molecule has 1 fully saturated rings. The average Bonchev–Trinajstić information content (AvgIpc) is 3.43. The Hall–Kier alpha value is -2.38. The first kappa shape index (κ1) is 18.4. The second-order valence-corrected chi connectivity index (χ2v) is 8.05. The van der Waals surface area contributed by atoms with E-state index in [4.69, 9.17) is 4.74 Å². The van der Waals surface area contributed by atoms with Crippen molar-refractivity contribution in [1.29, 1.82) is 0 Å². The van der Waals surface area contributed by atoms with E-state index in [1.165, 1.54) is 19.2 Å². The number of nitrogens with one attached hydrogen (secondary N) is 2. The summed E-state index contributed by atoms with van der Waals surface area (Å²) >= 11 is 0. The molecule has 0 atom stereocenters. The quantitative estimate of drug-likeness (QED) is 0.779. The highest BCUT2D eigenvalue weighted by Crippen LogP contribution is 2.28. The van der Waals surface area contributed by atoms with Crippen LogP contribution < -0.4 is 14.8 Å². The van der Waals surface area contributed by atoms with Gasteiger partial charge in [-0.25, -0.2) is 13.1 Å². The van der Waals surface area contributed by atoms with E-state index >= 15 is 0 Å². The van der Waals surface area contributed by atoms with Crippen molar-refractivity contribution < 1.29 is 17.9 Å². The van der Waals surface area contributed by atoms with Gasteiger partial charge < -0.3 is 10.1 Å². The third-order valence-corrected chi connectivity index (χ3v) is 5.86. The number of amides is 1. The molecule has 6 nitrogen and oxygen atoms in total.